The summed E-state index contributed by atoms with van der Waals surface area (Å²) in [6.45, 7) is 0. The summed E-state index contributed by atoms with van der Waals surface area (Å²) < 4.78 is 38.1. The van der Waals surface area contributed by atoms with Crippen LogP contribution in [0.25, 0.3) is 10.9 Å². The number of benzene rings is 1. The van der Waals surface area contributed by atoms with Crippen molar-refractivity contribution in [2.24, 2.45) is 0 Å². The van der Waals surface area contributed by atoms with Gasteiger partial charge in [-0.25, -0.2) is 0 Å². The van der Waals surface area contributed by atoms with Crippen LogP contribution in [0.15, 0.2) is 30.5 Å². The quantitative estimate of drug-likeness (QED) is 0.692. The highest BCUT2D eigenvalue weighted by molar-refractivity contribution is 6.18. The van der Waals surface area contributed by atoms with Crippen molar-refractivity contribution in [3.8, 4) is 0 Å². The van der Waals surface area contributed by atoms with Crippen LogP contribution >= 0.6 is 11.6 Å². The number of hydrogen-bond donors (Lipinski definition) is 0. The Hall–Kier alpha value is -1.29. The summed E-state index contributed by atoms with van der Waals surface area (Å²) >= 11 is 5.65. The van der Waals surface area contributed by atoms with Gasteiger partial charge in [-0.3, -0.25) is 4.98 Å². The standard InChI is InChI=1S/C11H7ClF3N/c12-6-7-3-4-9(11(13,14)15)8-2-1-5-16-10(7)8/h1-5H,6H2. The lowest BCUT2D eigenvalue weighted by molar-refractivity contribution is -0.136. The zero-order valence-corrected chi connectivity index (χ0v) is 8.81. The van der Waals surface area contributed by atoms with E-state index in [0.29, 0.717) is 11.1 Å². The molecule has 5 heteroatoms. The third-order valence-corrected chi connectivity index (χ3v) is 2.59. The minimum Gasteiger partial charge on any atom is -0.256 e. The number of alkyl halides is 4. The largest absolute Gasteiger partial charge is 0.417 e. The minimum atomic E-state index is -4.37. The minimum absolute atomic E-state index is 0.0909. The molecule has 1 heterocycles. The number of halogens is 4. The second-order valence-corrected chi connectivity index (χ2v) is 3.57. The number of fused-ring (bicyclic) bond motifs is 1. The molecule has 0 bridgehead atoms. The summed E-state index contributed by atoms with van der Waals surface area (Å²) in [7, 11) is 0. The number of pyridine rings is 1. The van der Waals surface area contributed by atoms with Crippen LogP contribution in [0.5, 0.6) is 0 Å². The van der Waals surface area contributed by atoms with Crippen molar-refractivity contribution in [2.45, 2.75) is 12.1 Å². The molecule has 84 valence electrons. The van der Waals surface area contributed by atoms with Gasteiger partial charge < -0.3 is 0 Å². The first-order valence-corrected chi connectivity index (χ1v) is 5.07. The first-order valence-electron chi connectivity index (χ1n) is 4.54. The molecular weight excluding hydrogens is 239 g/mol. The average molecular weight is 246 g/mol. The van der Waals surface area contributed by atoms with Crippen molar-refractivity contribution in [2.75, 3.05) is 0 Å². The molecule has 0 fully saturated rings. The maximum Gasteiger partial charge on any atom is 0.417 e. The zero-order chi connectivity index (χ0) is 11.8. The highest BCUT2D eigenvalue weighted by Crippen LogP contribution is 2.35. The summed E-state index contributed by atoms with van der Waals surface area (Å²) in [4.78, 5) is 3.94. The molecule has 0 radical (unpaired) electrons. The average Bonchev–Trinajstić information content (AvgIpc) is 2.26. The van der Waals surface area contributed by atoms with Gasteiger partial charge in [-0.15, -0.1) is 11.6 Å². The van der Waals surface area contributed by atoms with Crippen molar-refractivity contribution in [3.63, 3.8) is 0 Å². The lowest BCUT2D eigenvalue weighted by atomic mass is 10.0. The van der Waals surface area contributed by atoms with Gasteiger partial charge in [-0.2, -0.15) is 13.2 Å². The fraction of sp³-hybridized carbons (Fsp3) is 0.182. The van der Waals surface area contributed by atoms with E-state index in [1.165, 1.54) is 24.4 Å². The molecule has 2 aromatic rings. The van der Waals surface area contributed by atoms with Crippen molar-refractivity contribution in [3.05, 3.63) is 41.6 Å². The maximum atomic E-state index is 12.7. The van der Waals surface area contributed by atoms with Crippen molar-refractivity contribution >= 4 is 22.5 Å². The molecule has 1 aromatic heterocycles. The van der Waals surface area contributed by atoms with Gasteiger partial charge in [0.2, 0.25) is 0 Å². The second-order valence-electron chi connectivity index (χ2n) is 3.30. The van der Waals surface area contributed by atoms with E-state index in [2.05, 4.69) is 4.98 Å². The SMILES string of the molecule is FC(F)(F)c1ccc(CCl)c2ncccc12. The van der Waals surface area contributed by atoms with Gasteiger partial charge in [0.05, 0.1) is 11.1 Å². The van der Waals surface area contributed by atoms with Crippen molar-refractivity contribution < 1.29 is 13.2 Å². The Morgan fingerprint density at radius 1 is 1.19 bits per heavy atom. The molecule has 1 aromatic carbocycles. The smallest absolute Gasteiger partial charge is 0.256 e. The molecule has 0 aliphatic rings. The summed E-state index contributed by atoms with van der Waals surface area (Å²) in [6.07, 6.45) is -2.91. The molecule has 0 aliphatic heterocycles. The summed E-state index contributed by atoms with van der Waals surface area (Å²) in [5.74, 6) is 0.144. The van der Waals surface area contributed by atoms with E-state index >= 15 is 0 Å². The molecule has 0 saturated heterocycles. The Labute approximate surface area is 94.9 Å². The molecule has 0 saturated carbocycles. The van der Waals surface area contributed by atoms with Crippen LogP contribution in [0.3, 0.4) is 0 Å². The van der Waals surface area contributed by atoms with E-state index in [9.17, 15) is 13.2 Å². The van der Waals surface area contributed by atoms with E-state index in [-0.39, 0.29) is 11.3 Å². The summed E-state index contributed by atoms with van der Waals surface area (Å²) in [5.41, 5.74) is 0.238. The van der Waals surface area contributed by atoms with E-state index in [1.54, 1.807) is 0 Å². The molecule has 1 nitrogen and oxygen atoms in total. The Kier molecular flexibility index (Phi) is 2.76. The molecule has 2 rings (SSSR count). The van der Waals surface area contributed by atoms with Crippen LogP contribution in [0, 0.1) is 0 Å². The van der Waals surface area contributed by atoms with Gasteiger partial charge in [0.15, 0.2) is 0 Å². The predicted octanol–water partition coefficient (Wildman–Crippen LogP) is 3.99. The molecule has 0 N–H and O–H groups in total. The predicted molar refractivity (Wildman–Crippen MR) is 56.3 cm³/mol. The molecule has 0 unspecified atom stereocenters. The summed E-state index contributed by atoms with van der Waals surface area (Å²) in [5, 5.41) is 0.0909. The van der Waals surface area contributed by atoms with Crippen LogP contribution in [0.4, 0.5) is 13.2 Å². The Morgan fingerprint density at radius 3 is 2.56 bits per heavy atom. The fourth-order valence-electron chi connectivity index (χ4n) is 1.59. The van der Waals surface area contributed by atoms with Gasteiger partial charge in [-0.1, -0.05) is 12.1 Å². The first kappa shape index (κ1) is 11.2. The lowest BCUT2D eigenvalue weighted by Gasteiger charge is -2.11. The molecule has 0 atom stereocenters. The van der Waals surface area contributed by atoms with Crippen LogP contribution in [-0.4, -0.2) is 4.98 Å². The number of nitrogens with zero attached hydrogens (tertiary/aromatic N) is 1. The normalized spacial score (nSPS) is 12.0. The van der Waals surface area contributed by atoms with Crippen LogP contribution in [-0.2, 0) is 12.1 Å². The lowest BCUT2D eigenvalue weighted by Crippen LogP contribution is -2.06. The van der Waals surface area contributed by atoms with Crippen LogP contribution < -0.4 is 0 Å². The molecule has 0 spiro atoms. The highest BCUT2D eigenvalue weighted by atomic mass is 35.5. The fourth-order valence-corrected chi connectivity index (χ4v) is 1.80. The molecular formula is C11H7ClF3N. The highest BCUT2D eigenvalue weighted by Gasteiger charge is 2.32. The van der Waals surface area contributed by atoms with Crippen LogP contribution in [0.1, 0.15) is 11.1 Å². The van der Waals surface area contributed by atoms with E-state index in [1.807, 2.05) is 0 Å². The molecule has 0 aliphatic carbocycles. The number of rotatable bonds is 1. The third-order valence-electron chi connectivity index (χ3n) is 2.30. The van der Waals surface area contributed by atoms with Gasteiger partial charge in [0.25, 0.3) is 0 Å². The van der Waals surface area contributed by atoms with E-state index < -0.39 is 11.7 Å². The first-order chi connectivity index (χ1) is 7.54. The topological polar surface area (TPSA) is 12.9 Å². The third kappa shape index (κ3) is 1.85. The number of hydrogen-bond acceptors (Lipinski definition) is 1. The second kappa shape index (κ2) is 3.94. The van der Waals surface area contributed by atoms with E-state index in [0.717, 1.165) is 6.07 Å². The molecule has 16 heavy (non-hydrogen) atoms. The van der Waals surface area contributed by atoms with E-state index in [4.69, 9.17) is 11.6 Å². The Bertz CT molecular complexity index is 522. The summed E-state index contributed by atoms with van der Waals surface area (Å²) in [6, 6.07) is 5.30. The van der Waals surface area contributed by atoms with Crippen LogP contribution in [0.2, 0.25) is 0 Å². The Morgan fingerprint density at radius 2 is 1.94 bits per heavy atom. The van der Waals surface area contributed by atoms with Gasteiger partial charge >= 0.3 is 6.18 Å². The Balaban J connectivity index is 2.80. The van der Waals surface area contributed by atoms with Gasteiger partial charge in [-0.05, 0) is 17.7 Å². The molecule has 0 amide bonds. The van der Waals surface area contributed by atoms with Gasteiger partial charge in [0, 0.05) is 17.5 Å². The zero-order valence-electron chi connectivity index (χ0n) is 8.05. The number of aromatic nitrogens is 1. The maximum absolute atomic E-state index is 12.7. The van der Waals surface area contributed by atoms with Gasteiger partial charge in [0.1, 0.15) is 0 Å². The monoisotopic (exact) mass is 245 g/mol. The van der Waals surface area contributed by atoms with Crippen molar-refractivity contribution in [1.82, 2.24) is 4.98 Å². The van der Waals surface area contributed by atoms with Crippen molar-refractivity contribution in [1.29, 1.82) is 0 Å².